The molecule has 0 aromatic heterocycles. The van der Waals surface area contributed by atoms with Crippen molar-refractivity contribution in [2.75, 3.05) is 39.8 Å². The van der Waals surface area contributed by atoms with Crippen LogP contribution in [0.4, 0.5) is 4.79 Å². The summed E-state index contributed by atoms with van der Waals surface area (Å²) in [5.74, 6) is -0.364. The summed E-state index contributed by atoms with van der Waals surface area (Å²) in [5, 5.41) is 3.04. The standard InChI is InChI=1S/C14H24N4O3/c1-17(10-13(15)19)8-12-9-18(6-7-21-12)14(20)16-11-4-2-3-5-11/h2-3,11-12H,4-10H2,1H3,(H2,15,19)(H,16,20). The summed E-state index contributed by atoms with van der Waals surface area (Å²) in [4.78, 5) is 26.7. The van der Waals surface area contributed by atoms with Crippen LogP contribution in [0.3, 0.4) is 0 Å². The van der Waals surface area contributed by atoms with Crippen molar-refractivity contribution in [3.05, 3.63) is 12.2 Å². The van der Waals surface area contributed by atoms with Crippen LogP contribution >= 0.6 is 0 Å². The van der Waals surface area contributed by atoms with E-state index in [4.69, 9.17) is 10.5 Å². The summed E-state index contributed by atoms with van der Waals surface area (Å²) in [6.07, 6.45) is 5.90. The fraction of sp³-hybridized carbons (Fsp3) is 0.714. The SMILES string of the molecule is CN(CC(N)=O)CC1CN(C(=O)NC2CC=CC2)CCO1. The highest BCUT2D eigenvalue weighted by molar-refractivity contribution is 5.76. The summed E-state index contributed by atoms with van der Waals surface area (Å²) >= 11 is 0. The minimum atomic E-state index is -0.364. The molecule has 7 nitrogen and oxygen atoms in total. The van der Waals surface area contributed by atoms with Gasteiger partial charge in [-0.3, -0.25) is 9.69 Å². The number of urea groups is 1. The van der Waals surface area contributed by atoms with Crippen LogP contribution in [0.25, 0.3) is 0 Å². The molecule has 21 heavy (non-hydrogen) atoms. The molecular weight excluding hydrogens is 272 g/mol. The number of rotatable bonds is 5. The number of hydrogen-bond donors (Lipinski definition) is 2. The molecule has 1 aliphatic carbocycles. The molecule has 0 aromatic carbocycles. The monoisotopic (exact) mass is 296 g/mol. The summed E-state index contributed by atoms with van der Waals surface area (Å²) in [7, 11) is 1.82. The molecule has 7 heteroatoms. The second kappa shape index (κ2) is 7.42. The van der Waals surface area contributed by atoms with Crippen molar-refractivity contribution in [1.29, 1.82) is 0 Å². The van der Waals surface area contributed by atoms with Gasteiger partial charge in [0.15, 0.2) is 0 Å². The van der Waals surface area contributed by atoms with Crippen LogP contribution in [0.2, 0.25) is 0 Å². The Balaban J connectivity index is 1.76. The van der Waals surface area contributed by atoms with Gasteiger partial charge in [-0.15, -0.1) is 0 Å². The van der Waals surface area contributed by atoms with Crippen LogP contribution in [0.15, 0.2) is 12.2 Å². The quantitative estimate of drug-likeness (QED) is 0.672. The molecule has 0 radical (unpaired) electrons. The van der Waals surface area contributed by atoms with E-state index in [1.54, 1.807) is 4.90 Å². The highest BCUT2D eigenvalue weighted by Gasteiger charge is 2.26. The number of carbonyl (C=O) groups is 2. The van der Waals surface area contributed by atoms with Gasteiger partial charge in [0.05, 0.1) is 19.3 Å². The topological polar surface area (TPSA) is 87.9 Å². The Labute approximate surface area is 125 Å². The average Bonchev–Trinajstić information content (AvgIpc) is 2.90. The highest BCUT2D eigenvalue weighted by atomic mass is 16.5. The molecule has 118 valence electrons. The van der Waals surface area contributed by atoms with Crippen LogP contribution in [-0.2, 0) is 9.53 Å². The second-order valence-corrected chi connectivity index (χ2v) is 5.69. The van der Waals surface area contributed by atoms with E-state index in [-0.39, 0.29) is 30.6 Å². The third kappa shape index (κ3) is 5.02. The summed E-state index contributed by atoms with van der Waals surface area (Å²) in [6.45, 7) is 2.43. The molecule has 0 spiro atoms. The number of nitrogens with zero attached hydrogens (tertiary/aromatic N) is 2. The van der Waals surface area contributed by atoms with Crippen molar-refractivity contribution in [2.45, 2.75) is 25.0 Å². The first-order valence-electron chi connectivity index (χ1n) is 7.33. The lowest BCUT2D eigenvalue weighted by molar-refractivity contribution is -0.119. The molecule has 0 aromatic rings. The third-order valence-corrected chi connectivity index (χ3v) is 3.70. The molecule has 1 saturated heterocycles. The number of primary amides is 1. The van der Waals surface area contributed by atoms with Crippen molar-refractivity contribution in [1.82, 2.24) is 15.1 Å². The van der Waals surface area contributed by atoms with E-state index >= 15 is 0 Å². The van der Waals surface area contributed by atoms with Gasteiger partial charge in [-0.05, 0) is 19.9 Å². The molecule has 1 heterocycles. The predicted octanol–water partition coefficient (Wildman–Crippen LogP) is -0.467. The van der Waals surface area contributed by atoms with Gasteiger partial charge in [0.25, 0.3) is 0 Å². The minimum absolute atomic E-state index is 0.0328. The number of nitrogens with one attached hydrogen (secondary N) is 1. The normalized spacial score (nSPS) is 22.8. The number of carbonyl (C=O) groups excluding carboxylic acids is 2. The molecule has 1 aliphatic heterocycles. The Morgan fingerprint density at radius 3 is 2.81 bits per heavy atom. The maximum absolute atomic E-state index is 12.2. The fourth-order valence-corrected chi connectivity index (χ4v) is 2.69. The Kier molecular flexibility index (Phi) is 5.58. The van der Waals surface area contributed by atoms with Crippen LogP contribution < -0.4 is 11.1 Å². The van der Waals surface area contributed by atoms with Crippen molar-refractivity contribution in [2.24, 2.45) is 5.73 Å². The summed E-state index contributed by atoms with van der Waals surface area (Å²) < 4.78 is 5.65. The maximum atomic E-state index is 12.2. The van der Waals surface area contributed by atoms with Crippen molar-refractivity contribution in [3.63, 3.8) is 0 Å². The summed E-state index contributed by atoms with van der Waals surface area (Å²) in [5.41, 5.74) is 5.16. The first-order valence-corrected chi connectivity index (χ1v) is 7.33. The van der Waals surface area contributed by atoms with E-state index in [0.29, 0.717) is 26.2 Å². The number of nitrogens with two attached hydrogens (primary N) is 1. The van der Waals surface area contributed by atoms with Gasteiger partial charge in [-0.2, -0.15) is 0 Å². The molecule has 3 N–H and O–H groups in total. The van der Waals surface area contributed by atoms with Gasteiger partial charge in [-0.25, -0.2) is 4.79 Å². The second-order valence-electron chi connectivity index (χ2n) is 5.69. The van der Waals surface area contributed by atoms with E-state index in [1.165, 1.54) is 0 Å². The molecule has 2 aliphatic rings. The molecule has 1 atom stereocenters. The van der Waals surface area contributed by atoms with Gasteiger partial charge >= 0.3 is 6.03 Å². The predicted molar refractivity (Wildman–Crippen MR) is 78.7 cm³/mol. The van der Waals surface area contributed by atoms with Crippen LogP contribution in [0.5, 0.6) is 0 Å². The van der Waals surface area contributed by atoms with Gasteiger partial charge in [0.2, 0.25) is 5.91 Å². The molecular formula is C14H24N4O3. The minimum Gasteiger partial charge on any atom is -0.373 e. The van der Waals surface area contributed by atoms with Crippen LogP contribution in [-0.4, -0.2) is 73.7 Å². The highest BCUT2D eigenvalue weighted by Crippen LogP contribution is 2.11. The van der Waals surface area contributed by atoms with Gasteiger partial charge in [0.1, 0.15) is 0 Å². The molecule has 0 bridgehead atoms. The third-order valence-electron chi connectivity index (χ3n) is 3.70. The number of hydrogen-bond acceptors (Lipinski definition) is 4. The van der Waals surface area contributed by atoms with Gasteiger partial charge in [0, 0.05) is 25.7 Å². The number of likely N-dealkylation sites (N-methyl/N-ethyl adjacent to an activating group) is 1. The van der Waals surface area contributed by atoms with E-state index < -0.39 is 0 Å². The Hall–Kier alpha value is -1.60. The smallest absolute Gasteiger partial charge is 0.317 e. The Bertz CT molecular complexity index is 405. The van der Waals surface area contributed by atoms with E-state index in [9.17, 15) is 9.59 Å². The van der Waals surface area contributed by atoms with Gasteiger partial charge in [-0.1, -0.05) is 12.2 Å². The van der Waals surface area contributed by atoms with Crippen LogP contribution in [0, 0.1) is 0 Å². The van der Waals surface area contributed by atoms with E-state index in [2.05, 4.69) is 17.5 Å². The number of amides is 3. The van der Waals surface area contributed by atoms with E-state index in [1.807, 2.05) is 11.9 Å². The first-order chi connectivity index (χ1) is 10.0. The zero-order chi connectivity index (χ0) is 15.2. The van der Waals surface area contributed by atoms with Gasteiger partial charge < -0.3 is 20.7 Å². The largest absolute Gasteiger partial charge is 0.373 e. The maximum Gasteiger partial charge on any atom is 0.317 e. The molecule has 1 unspecified atom stereocenters. The Morgan fingerprint density at radius 1 is 1.43 bits per heavy atom. The lowest BCUT2D eigenvalue weighted by atomic mass is 10.2. The molecule has 2 rings (SSSR count). The zero-order valence-corrected chi connectivity index (χ0v) is 12.5. The lowest BCUT2D eigenvalue weighted by Crippen LogP contribution is -2.53. The van der Waals surface area contributed by atoms with Crippen molar-refractivity contribution in [3.8, 4) is 0 Å². The Morgan fingerprint density at radius 2 is 2.14 bits per heavy atom. The van der Waals surface area contributed by atoms with Crippen molar-refractivity contribution < 1.29 is 14.3 Å². The summed E-state index contributed by atoms with van der Waals surface area (Å²) in [6, 6.07) is 0.186. The van der Waals surface area contributed by atoms with E-state index in [0.717, 1.165) is 12.8 Å². The van der Waals surface area contributed by atoms with Crippen molar-refractivity contribution >= 4 is 11.9 Å². The fourth-order valence-electron chi connectivity index (χ4n) is 2.69. The molecule has 0 saturated carbocycles. The number of morpholine rings is 1. The van der Waals surface area contributed by atoms with Crippen LogP contribution in [0.1, 0.15) is 12.8 Å². The number of ether oxygens (including phenoxy) is 1. The lowest BCUT2D eigenvalue weighted by Gasteiger charge is -2.35. The first kappa shape index (κ1) is 15.8. The average molecular weight is 296 g/mol. The molecule has 3 amide bonds. The zero-order valence-electron chi connectivity index (χ0n) is 12.5. The molecule has 1 fully saturated rings.